The Hall–Kier alpha value is -2.20. The highest BCUT2D eigenvalue weighted by Gasteiger charge is 2.20. The van der Waals surface area contributed by atoms with Crippen molar-refractivity contribution in [1.29, 1.82) is 0 Å². The van der Waals surface area contributed by atoms with Crippen molar-refractivity contribution in [2.75, 3.05) is 0 Å². The lowest BCUT2D eigenvalue weighted by atomic mass is 10.0. The summed E-state index contributed by atoms with van der Waals surface area (Å²) in [5, 5.41) is 13.1. The maximum Gasteiger partial charge on any atom is 0.251 e. The lowest BCUT2D eigenvalue weighted by molar-refractivity contribution is 0.0851. The molecule has 116 valence electrons. The van der Waals surface area contributed by atoms with Crippen LogP contribution in [-0.4, -0.2) is 17.1 Å². The molecule has 0 radical (unpaired) electrons. The van der Waals surface area contributed by atoms with Gasteiger partial charge in [-0.25, -0.2) is 4.39 Å². The third-order valence-electron chi connectivity index (χ3n) is 3.68. The van der Waals surface area contributed by atoms with Gasteiger partial charge in [-0.3, -0.25) is 4.79 Å². The minimum atomic E-state index is -0.894. The van der Waals surface area contributed by atoms with Gasteiger partial charge in [0.25, 0.3) is 5.91 Å². The van der Waals surface area contributed by atoms with Crippen LogP contribution in [0.15, 0.2) is 42.5 Å². The molecule has 0 bridgehead atoms. The molecule has 2 atom stereocenters. The Morgan fingerprint density at radius 1 is 1.14 bits per heavy atom. The van der Waals surface area contributed by atoms with Crippen LogP contribution in [0.25, 0.3) is 0 Å². The SMILES string of the molecule is Cc1ccc(C)c(C(=O)N[C@@H](C)[C@H](O)c2ccc(F)cc2)c1. The molecular weight excluding hydrogens is 281 g/mol. The number of hydrogen-bond donors (Lipinski definition) is 2. The molecule has 0 fully saturated rings. The van der Waals surface area contributed by atoms with Crippen molar-refractivity contribution in [1.82, 2.24) is 5.32 Å². The van der Waals surface area contributed by atoms with E-state index in [1.54, 1.807) is 6.92 Å². The molecule has 0 aromatic heterocycles. The fourth-order valence-electron chi connectivity index (χ4n) is 2.29. The van der Waals surface area contributed by atoms with Crippen molar-refractivity contribution in [2.45, 2.75) is 32.9 Å². The molecule has 2 aromatic rings. The summed E-state index contributed by atoms with van der Waals surface area (Å²) in [6, 6.07) is 10.8. The van der Waals surface area contributed by atoms with Gasteiger partial charge in [-0.05, 0) is 50.1 Å². The van der Waals surface area contributed by atoms with Crippen molar-refractivity contribution in [3.8, 4) is 0 Å². The first-order valence-electron chi connectivity index (χ1n) is 7.20. The van der Waals surface area contributed by atoms with Crippen LogP contribution in [0.3, 0.4) is 0 Å². The van der Waals surface area contributed by atoms with Gasteiger partial charge in [0.15, 0.2) is 0 Å². The van der Waals surface area contributed by atoms with Crippen molar-refractivity contribution in [2.24, 2.45) is 0 Å². The maximum atomic E-state index is 12.9. The van der Waals surface area contributed by atoms with Crippen molar-refractivity contribution in [3.05, 3.63) is 70.5 Å². The number of aryl methyl sites for hydroxylation is 2. The molecular formula is C18H20FNO2. The van der Waals surface area contributed by atoms with Crippen LogP contribution in [-0.2, 0) is 0 Å². The maximum absolute atomic E-state index is 12.9. The summed E-state index contributed by atoms with van der Waals surface area (Å²) >= 11 is 0. The van der Waals surface area contributed by atoms with Crippen molar-refractivity contribution < 1.29 is 14.3 Å². The zero-order valence-corrected chi connectivity index (χ0v) is 12.9. The van der Waals surface area contributed by atoms with E-state index in [9.17, 15) is 14.3 Å². The van der Waals surface area contributed by atoms with E-state index in [2.05, 4.69) is 5.32 Å². The smallest absolute Gasteiger partial charge is 0.251 e. The second-order valence-electron chi connectivity index (χ2n) is 5.58. The standard InChI is InChI=1S/C18H20FNO2/c1-11-4-5-12(2)16(10-11)18(22)20-13(3)17(21)14-6-8-15(19)9-7-14/h4-10,13,17,21H,1-3H3,(H,20,22)/t13-,17-/m0/s1. The molecule has 0 heterocycles. The summed E-state index contributed by atoms with van der Waals surface area (Å²) in [4.78, 5) is 12.3. The van der Waals surface area contributed by atoms with Crippen LogP contribution in [0.4, 0.5) is 4.39 Å². The Morgan fingerprint density at radius 2 is 1.77 bits per heavy atom. The van der Waals surface area contributed by atoms with E-state index in [-0.39, 0.29) is 11.7 Å². The number of hydrogen-bond acceptors (Lipinski definition) is 2. The lowest BCUT2D eigenvalue weighted by Gasteiger charge is -2.21. The number of nitrogens with one attached hydrogen (secondary N) is 1. The molecule has 0 saturated carbocycles. The van der Waals surface area contributed by atoms with Crippen LogP contribution in [0.5, 0.6) is 0 Å². The molecule has 2 aromatic carbocycles. The van der Waals surface area contributed by atoms with Crippen LogP contribution in [0, 0.1) is 19.7 Å². The fraction of sp³-hybridized carbons (Fsp3) is 0.278. The Bertz CT molecular complexity index is 667. The van der Waals surface area contributed by atoms with E-state index < -0.39 is 12.1 Å². The van der Waals surface area contributed by atoms with Crippen molar-refractivity contribution >= 4 is 5.91 Å². The van der Waals surface area contributed by atoms with Gasteiger partial charge in [-0.2, -0.15) is 0 Å². The molecule has 4 heteroatoms. The second-order valence-corrected chi connectivity index (χ2v) is 5.58. The minimum Gasteiger partial charge on any atom is -0.386 e. The molecule has 22 heavy (non-hydrogen) atoms. The molecule has 3 nitrogen and oxygen atoms in total. The number of carbonyl (C=O) groups is 1. The predicted octanol–water partition coefficient (Wildman–Crippen LogP) is 3.29. The molecule has 0 spiro atoms. The topological polar surface area (TPSA) is 49.3 Å². The lowest BCUT2D eigenvalue weighted by Crippen LogP contribution is -2.37. The minimum absolute atomic E-state index is 0.227. The van der Waals surface area contributed by atoms with Gasteiger partial charge in [-0.1, -0.05) is 29.8 Å². The average Bonchev–Trinajstić information content (AvgIpc) is 2.49. The van der Waals surface area contributed by atoms with Gasteiger partial charge in [0.2, 0.25) is 0 Å². The first-order valence-corrected chi connectivity index (χ1v) is 7.20. The summed E-state index contributed by atoms with van der Waals surface area (Å²) in [6.07, 6.45) is -0.894. The summed E-state index contributed by atoms with van der Waals surface area (Å²) in [7, 11) is 0. The van der Waals surface area contributed by atoms with E-state index in [0.29, 0.717) is 11.1 Å². The van der Waals surface area contributed by atoms with Gasteiger partial charge in [0, 0.05) is 5.56 Å². The Labute approximate surface area is 129 Å². The Balaban J connectivity index is 2.10. The quantitative estimate of drug-likeness (QED) is 0.910. The first kappa shape index (κ1) is 16.2. The van der Waals surface area contributed by atoms with E-state index >= 15 is 0 Å². The average molecular weight is 301 g/mol. The molecule has 0 aliphatic heterocycles. The number of amides is 1. The molecule has 2 rings (SSSR count). The summed E-state index contributed by atoms with van der Waals surface area (Å²) < 4.78 is 12.9. The Kier molecular flexibility index (Phi) is 4.93. The van der Waals surface area contributed by atoms with Gasteiger partial charge in [0.1, 0.15) is 5.82 Å². The van der Waals surface area contributed by atoms with Crippen LogP contribution >= 0.6 is 0 Å². The van der Waals surface area contributed by atoms with Crippen LogP contribution in [0.2, 0.25) is 0 Å². The monoisotopic (exact) mass is 301 g/mol. The fourth-order valence-corrected chi connectivity index (χ4v) is 2.29. The predicted molar refractivity (Wildman–Crippen MR) is 84.2 cm³/mol. The first-order chi connectivity index (χ1) is 10.4. The molecule has 0 aliphatic rings. The highest BCUT2D eigenvalue weighted by molar-refractivity contribution is 5.96. The molecule has 0 unspecified atom stereocenters. The van der Waals surface area contributed by atoms with Gasteiger partial charge >= 0.3 is 0 Å². The van der Waals surface area contributed by atoms with E-state index in [1.165, 1.54) is 24.3 Å². The van der Waals surface area contributed by atoms with Gasteiger partial charge in [-0.15, -0.1) is 0 Å². The number of rotatable bonds is 4. The van der Waals surface area contributed by atoms with Gasteiger partial charge < -0.3 is 10.4 Å². The van der Waals surface area contributed by atoms with Crippen LogP contribution in [0.1, 0.15) is 40.1 Å². The van der Waals surface area contributed by atoms with Gasteiger partial charge in [0.05, 0.1) is 12.1 Å². The number of carbonyl (C=O) groups excluding carboxylic acids is 1. The second kappa shape index (κ2) is 6.71. The molecule has 0 saturated heterocycles. The molecule has 2 N–H and O–H groups in total. The summed E-state index contributed by atoms with van der Waals surface area (Å²) in [6.45, 7) is 5.51. The zero-order chi connectivity index (χ0) is 16.3. The largest absolute Gasteiger partial charge is 0.386 e. The summed E-state index contributed by atoms with van der Waals surface area (Å²) in [5.41, 5.74) is 3.04. The van der Waals surface area contributed by atoms with Crippen LogP contribution < -0.4 is 5.32 Å². The molecule has 0 aliphatic carbocycles. The third-order valence-corrected chi connectivity index (χ3v) is 3.68. The number of halogens is 1. The molecule has 1 amide bonds. The van der Waals surface area contributed by atoms with E-state index in [1.807, 2.05) is 32.0 Å². The third kappa shape index (κ3) is 3.71. The number of aliphatic hydroxyl groups excluding tert-OH is 1. The van der Waals surface area contributed by atoms with E-state index in [0.717, 1.165) is 11.1 Å². The highest BCUT2D eigenvalue weighted by Crippen LogP contribution is 2.18. The van der Waals surface area contributed by atoms with E-state index in [4.69, 9.17) is 0 Å². The zero-order valence-electron chi connectivity index (χ0n) is 12.9. The Morgan fingerprint density at radius 3 is 2.41 bits per heavy atom. The number of benzene rings is 2. The highest BCUT2D eigenvalue weighted by atomic mass is 19.1. The summed E-state index contributed by atoms with van der Waals surface area (Å²) in [5.74, 6) is -0.585. The normalized spacial score (nSPS) is 13.5. The van der Waals surface area contributed by atoms with Crippen molar-refractivity contribution in [3.63, 3.8) is 0 Å². The number of aliphatic hydroxyl groups is 1.